The van der Waals surface area contributed by atoms with Gasteiger partial charge in [0.25, 0.3) is 0 Å². The van der Waals surface area contributed by atoms with Gasteiger partial charge in [0.1, 0.15) is 17.9 Å². The van der Waals surface area contributed by atoms with Crippen LogP contribution in [0.25, 0.3) is 0 Å². The van der Waals surface area contributed by atoms with Crippen LogP contribution in [0.5, 0.6) is 5.75 Å². The molecule has 0 spiro atoms. The molecule has 0 aromatic heterocycles. The Morgan fingerprint density at radius 2 is 2.06 bits per heavy atom. The maximum absolute atomic E-state index is 8.89. The minimum atomic E-state index is -0.0319. The highest BCUT2D eigenvalue weighted by Gasteiger charge is 2.22. The molecule has 88 valence electrons. The molecule has 0 saturated carbocycles. The average molecular weight is 229 g/mol. The van der Waals surface area contributed by atoms with Crippen molar-refractivity contribution in [2.45, 2.75) is 19.4 Å². The van der Waals surface area contributed by atoms with E-state index in [-0.39, 0.29) is 6.10 Å². The minimum Gasteiger partial charge on any atom is -0.497 e. The van der Waals surface area contributed by atoms with E-state index in [2.05, 4.69) is 13.0 Å². The first-order valence-corrected chi connectivity index (χ1v) is 5.65. The number of methoxy groups -OCH3 is 1. The van der Waals surface area contributed by atoms with Gasteiger partial charge in [-0.15, -0.1) is 0 Å². The molecule has 0 amide bonds. The lowest BCUT2D eigenvalue weighted by atomic mass is 9.95. The first-order chi connectivity index (χ1) is 8.22. The summed E-state index contributed by atoms with van der Waals surface area (Å²) in [6.07, 6.45) is 2.74. The molecule has 0 radical (unpaired) electrons. The number of hydrogen-bond acceptors (Lipinski definition) is 3. The van der Waals surface area contributed by atoms with Crippen molar-refractivity contribution in [3.8, 4) is 11.8 Å². The van der Waals surface area contributed by atoms with Crippen molar-refractivity contribution in [2.24, 2.45) is 5.92 Å². The first-order valence-electron chi connectivity index (χ1n) is 5.65. The van der Waals surface area contributed by atoms with E-state index in [0.29, 0.717) is 11.7 Å². The molecule has 17 heavy (non-hydrogen) atoms. The molecule has 1 aliphatic heterocycles. The Morgan fingerprint density at radius 3 is 2.65 bits per heavy atom. The highest BCUT2D eigenvalue weighted by Crippen LogP contribution is 2.33. The molecule has 1 aromatic carbocycles. The third-order valence-corrected chi connectivity index (χ3v) is 2.89. The van der Waals surface area contributed by atoms with Crippen LogP contribution in [0.1, 0.15) is 25.0 Å². The Morgan fingerprint density at radius 1 is 1.35 bits per heavy atom. The monoisotopic (exact) mass is 229 g/mol. The Labute approximate surface area is 101 Å². The second kappa shape index (κ2) is 4.92. The van der Waals surface area contributed by atoms with E-state index in [1.165, 1.54) is 0 Å². The van der Waals surface area contributed by atoms with Crippen LogP contribution < -0.4 is 4.74 Å². The second-order valence-corrected chi connectivity index (χ2v) is 4.24. The molecule has 0 unspecified atom stereocenters. The molecule has 0 bridgehead atoms. The lowest BCUT2D eigenvalue weighted by molar-refractivity contribution is 0.0923. The Bertz CT molecular complexity index is 456. The predicted octanol–water partition coefficient (Wildman–Crippen LogP) is 3.20. The molecule has 0 fully saturated rings. The second-order valence-electron chi connectivity index (χ2n) is 4.24. The van der Waals surface area contributed by atoms with Gasteiger partial charge in [-0.25, -0.2) is 0 Å². The summed E-state index contributed by atoms with van der Waals surface area (Å²) in [5.74, 6) is 1.61. The van der Waals surface area contributed by atoms with E-state index in [9.17, 15) is 0 Å². The number of allylic oxidation sites excluding steroid dienone is 2. The molecule has 1 heterocycles. The topological polar surface area (TPSA) is 42.2 Å². The van der Waals surface area contributed by atoms with Crippen LogP contribution in [0.15, 0.2) is 36.1 Å². The molecule has 1 aromatic rings. The van der Waals surface area contributed by atoms with Gasteiger partial charge in [0.15, 0.2) is 5.76 Å². The normalized spacial score (nSPS) is 23.2. The van der Waals surface area contributed by atoms with Crippen molar-refractivity contribution in [3.63, 3.8) is 0 Å². The van der Waals surface area contributed by atoms with E-state index in [0.717, 1.165) is 17.7 Å². The average Bonchev–Trinajstić information content (AvgIpc) is 2.38. The van der Waals surface area contributed by atoms with Gasteiger partial charge in [-0.3, -0.25) is 0 Å². The van der Waals surface area contributed by atoms with Gasteiger partial charge in [-0.1, -0.05) is 19.1 Å². The van der Waals surface area contributed by atoms with E-state index in [1.807, 2.05) is 30.3 Å². The summed E-state index contributed by atoms with van der Waals surface area (Å²) in [5.41, 5.74) is 1.08. The van der Waals surface area contributed by atoms with Crippen molar-refractivity contribution in [3.05, 3.63) is 41.7 Å². The van der Waals surface area contributed by atoms with E-state index < -0.39 is 0 Å². The standard InChI is InChI=1S/C14H15NO2/c1-10-7-13(9-15)17-14(8-10)11-3-5-12(16-2)6-4-11/h3-7,10,14H,8H2,1-2H3/t10-,14+/m0/s1. The summed E-state index contributed by atoms with van der Waals surface area (Å²) >= 11 is 0. The summed E-state index contributed by atoms with van der Waals surface area (Å²) in [4.78, 5) is 0. The SMILES string of the molecule is COc1ccc([C@H]2C[C@@H](C)C=C(C#N)O2)cc1. The van der Waals surface area contributed by atoms with Crippen molar-refractivity contribution in [1.29, 1.82) is 5.26 Å². The van der Waals surface area contributed by atoms with Crippen LogP contribution in [-0.2, 0) is 4.74 Å². The zero-order valence-electron chi connectivity index (χ0n) is 10.0. The van der Waals surface area contributed by atoms with Crippen LogP contribution in [-0.4, -0.2) is 7.11 Å². The number of ether oxygens (including phenoxy) is 2. The van der Waals surface area contributed by atoms with E-state index in [1.54, 1.807) is 7.11 Å². The van der Waals surface area contributed by atoms with Gasteiger partial charge in [0.05, 0.1) is 7.11 Å². The number of rotatable bonds is 2. The zero-order chi connectivity index (χ0) is 12.3. The highest BCUT2D eigenvalue weighted by molar-refractivity contribution is 5.30. The summed E-state index contributed by atoms with van der Waals surface area (Å²) < 4.78 is 10.7. The van der Waals surface area contributed by atoms with Crippen LogP contribution in [0.2, 0.25) is 0 Å². The fourth-order valence-electron chi connectivity index (χ4n) is 1.99. The van der Waals surface area contributed by atoms with Gasteiger partial charge in [-0.05, 0) is 36.1 Å². The summed E-state index contributed by atoms with van der Waals surface area (Å²) in [5, 5.41) is 8.89. The van der Waals surface area contributed by atoms with Crippen molar-refractivity contribution >= 4 is 0 Å². The predicted molar refractivity (Wildman–Crippen MR) is 64.3 cm³/mol. The minimum absolute atomic E-state index is 0.0319. The molecular weight excluding hydrogens is 214 g/mol. The van der Waals surface area contributed by atoms with E-state index >= 15 is 0 Å². The lowest BCUT2D eigenvalue weighted by Gasteiger charge is -2.25. The Hall–Kier alpha value is -1.95. The number of hydrogen-bond donors (Lipinski definition) is 0. The molecule has 0 saturated heterocycles. The maximum Gasteiger partial charge on any atom is 0.193 e. The molecule has 0 N–H and O–H groups in total. The van der Waals surface area contributed by atoms with Crippen LogP contribution in [0, 0.1) is 17.2 Å². The largest absolute Gasteiger partial charge is 0.497 e. The number of nitrogens with zero attached hydrogens (tertiary/aromatic N) is 1. The van der Waals surface area contributed by atoms with Crippen LogP contribution in [0.4, 0.5) is 0 Å². The van der Waals surface area contributed by atoms with Gasteiger partial charge in [0, 0.05) is 0 Å². The quantitative estimate of drug-likeness (QED) is 0.782. The Balaban J connectivity index is 2.18. The van der Waals surface area contributed by atoms with Crippen molar-refractivity contribution in [2.75, 3.05) is 7.11 Å². The van der Waals surface area contributed by atoms with E-state index in [4.69, 9.17) is 14.7 Å². The van der Waals surface area contributed by atoms with Gasteiger partial charge >= 0.3 is 0 Å². The summed E-state index contributed by atoms with van der Waals surface area (Å²) in [6.45, 7) is 2.09. The third kappa shape index (κ3) is 2.59. The summed E-state index contributed by atoms with van der Waals surface area (Å²) in [7, 11) is 1.64. The van der Waals surface area contributed by atoms with Gasteiger partial charge in [-0.2, -0.15) is 5.26 Å². The molecular formula is C14H15NO2. The van der Waals surface area contributed by atoms with Crippen molar-refractivity contribution < 1.29 is 9.47 Å². The van der Waals surface area contributed by atoms with Crippen LogP contribution >= 0.6 is 0 Å². The molecule has 1 aliphatic rings. The fourth-order valence-corrected chi connectivity index (χ4v) is 1.99. The molecule has 3 nitrogen and oxygen atoms in total. The number of benzene rings is 1. The maximum atomic E-state index is 8.89. The molecule has 2 rings (SSSR count). The smallest absolute Gasteiger partial charge is 0.193 e. The number of nitriles is 1. The molecule has 0 aliphatic carbocycles. The highest BCUT2D eigenvalue weighted by atomic mass is 16.5. The first kappa shape index (κ1) is 11.5. The Kier molecular flexibility index (Phi) is 3.34. The molecule has 2 atom stereocenters. The lowest BCUT2D eigenvalue weighted by Crippen LogP contribution is -2.13. The van der Waals surface area contributed by atoms with Crippen LogP contribution in [0.3, 0.4) is 0 Å². The van der Waals surface area contributed by atoms with Crippen molar-refractivity contribution in [1.82, 2.24) is 0 Å². The van der Waals surface area contributed by atoms with Gasteiger partial charge in [0.2, 0.25) is 0 Å². The zero-order valence-corrected chi connectivity index (χ0v) is 10.0. The van der Waals surface area contributed by atoms with Gasteiger partial charge < -0.3 is 9.47 Å². The fraction of sp³-hybridized carbons (Fsp3) is 0.357. The summed E-state index contributed by atoms with van der Waals surface area (Å²) in [6, 6.07) is 9.86. The third-order valence-electron chi connectivity index (χ3n) is 2.89. The molecule has 3 heteroatoms.